The Bertz CT molecular complexity index is 290. The Labute approximate surface area is 99.2 Å². The van der Waals surface area contributed by atoms with Gasteiger partial charge in [0, 0.05) is 22.9 Å². The van der Waals surface area contributed by atoms with E-state index in [1.54, 1.807) is 0 Å². The van der Waals surface area contributed by atoms with Gasteiger partial charge < -0.3 is 0 Å². The number of hydrogen-bond donors (Lipinski definition) is 0. The summed E-state index contributed by atoms with van der Waals surface area (Å²) in [6.07, 6.45) is 0. The predicted octanol–water partition coefficient (Wildman–Crippen LogP) is 3.51. The van der Waals surface area contributed by atoms with Crippen LogP contribution in [0.1, 0.15) is 12.5 Å². The SMILES string of the molecule is CC(CCl)N(C)Cc1ccccc1Br. The third-order valence-electron chi connectivity index (χ3n) is 2.35. The Kier molecular flexibility index (Phi) is 4.93. The number of alkyl halides is 1. The van der Waals surface area contributed by atoms with Gasteiger partial charge in [0.25, 0.3) is 0 Å². The van der Waals surface area contributed by atoms with Crippen LogP contribution in [-0.4, -0.2) is 23.9 Å². The molecule has 0 aliphatic carbocycles. The molecule has 0 fully saturated rings. The fourth-order valence-corrected chi connectivity index (χ4v) is 1.81. The van der Waals surface area contributed by atoms with Gasteiger partial charge in [-0.25, -0.2) is 0 Å². The molecule has 0 N–H and O–H groups in total. The van der Waals surface area contributed by atoms with Crippen LogP contribution in [0.3, 0.4) is 0 Å². The summed E-state index contributed by atoms with van der Waals surface area (Å²) in [6, 6.07) is 8.68. The summed E-state index contributed by atoms with van der Waals surface area (Å²) in [5.74, 6) is 0.668. The highest BCUT2D eigenvalue weighted by atomic mass is 79.9. The molecule has 0 aromatic heterocycles. The van der Waals surface area contributed by atoms with Crippen LogP contribution < -0.4 is 0 Å². The Morgan fingerprint density at radius 2 is 2.07 bits per heavy atom. The first-order valence-corrected chi connectivity index (χ1v) is 5.97. The Morgan fingerprint density at radius 1 is 1.43 bits per heavy atom. The van der Waals surface area contributed by atoms with Gasteiger partial charge in [0.2, 0.25) is 0 Å². The zero-order valence-corrected chi connectivity index (χ0v) is 10.8. The number of benzene rings is 1. The van der Waals surface area contributed by atoms with Crippen molar-refractivity contribution < 1.29 is 0 Å². The molecule has 3 heteroatoms. The molecular weight excluding hydrogens is 261 g/mol. The normalized spacial score (nSPS) is 13.2. The van der Waals surface area contributed by atoms with Crippen LogP contribution in [0.15, 0.2) is 28.7 Å². The van der Waals surface area contributed by atoms with Crippen molar-refractivity contribution >= 4 is 27.5 Å². The lowest BCUT2D eigenvalue weighted by atomic mass is 10.2. The van der Waals surface area contributed by atoms with E-state index in [9.17, 15) is 0 Å². The third-order valence-corrected chi connectivity index (χ3v) is 3.57. The van der Waals surface area contributed by atoms with E-state index in [4.69, 9.17) is 11.6 Å². The molecule has 1 unspecified atom stereocenters. The molecule has 1 atom stereocenters. The van der Waals surface area contributed by atoms with Crippen molar-refractivity contribution in [1.82, 2.24) is 4.90 Å². The summed E-state index contributed by atoms with van der Waals surface area (Å²) in [6.45, 7) is 3.05. The smallest absolute Gasteiger partial charge is 0.0376 e. The van der Waals surface area contributed by atoms with E-state index < -0.39 is 0 Å². The van der Waals surface area contributed by atoms with Crippen molar-refractivity contribution in [2.75, 3.05) is 12.9 Å². The molecule has 0 bridgehead atoms. The van der Waals surface area contributed by atoms with E-state index in [2.05, 4.69) is 53.0 Å². The van der Waals surface area contributed by atoms with Gasteiger partial charge in [0.15, 0.2) is 0 Å². The predicted molar refractivity (Wildman–Crippen MR) is 65.8 cm³/mol. The van der Waals surface area contributed by atoms with Crippen molar-refractivity contribution in [3.8, 4) is 0 Å². The Morgan fingerprint density at radius 3 is 2.64 bits per heavy atom. The summed E-state index contributed by atoms with van der Waals surface area (Å²) in [5, 5.41) is 0. The second kappa shape index (κ2) is 5.74. The second-order valence-electron chi connectivity index (χ2n) is 3.51. The maximum Gasteiger partial charge on any atom is 0.0376 e. The van der Waals surface area contributed by atoms with Crippen molar-refractivity contribution in [3.05, 3.63) is 34.3 Å². The van der Waals surface area contributed by atoms with Crippen molar-refractivity contribution in [2.45, 2.75) is 19.5 Å². The summed E-state index contributed by atoms with van der Waals surface area (Å²) in [4.78, 5) is 2.24. The van der Waals surface area contributed by atoms with E-state index in [-0.39, 0.29) is 0 Å². The maximum atomic E-state index is 5.80. The molecule has 0 amide bonds. The first-order chi connectivity index (χ1) is 6.65. The van der Waals surface area contributed by atoms with Gasteiger partial charge >= 0.3 is 0 Å². The molecule has 0 spiro atoms. The van der Waals surface area contributed by atoms with Gasteiger partial charge in [-0.15, -0.1) is 11.6 Å². The highest BCUT2D eigenvalue weighted by molar-refractivity contribution is 9.10. The van der Waals surface area contributed by atoms with Crippen LogP contribution in [0.2, 0.25) is 0 Å². The first-order valence-electron chi connectivity index (χ1n) is 4.64. The van der Waals surface area contributed by atoms with E-state index in [0.29, 0.717) is 11.9 Å². The van der Waals surface area contributed by atoms with Gasteiger partial charge in [0.1, 0.15) is 0 Å². The van der Waals surface area contributed by atoms with Crippen molar-refractivity contribution in [3.63, 3.8) is 0 Å². The average molecular weight is 277 g/mol. The molecule has 0 saturated carbocycles. The van der Waals surface area contributed by atoms with Crippen LogP contribution >= 0.6 is 27.5 Å². The molecule has 0 aliphatic rings. The first kappa shape index (κ1) is 12.0. The molecule has 1 aromatic carbocycles. The lowest BCUT2D eigenvalue weighted by molar-refractivity contribution is 0.268. The molecule has 0 heterocycles. The lowest BCUT2D eigenvalue weighted by Gasteiger charge is -2.23. The average Bonchev–Trinajstić information content (AvgIpc) is 2.20. The summed E-state index contributed by atoms with van der Waals surface area (Å²) in [7, 11) is 2.09. The minimum Gasteiger partial charge on any atom is -0.298 e. The van der Waals surface area contributed by atoms with E-state index >= 15 is 0 Å². The molecular formula is C11H15BrClN. The van der Waals surface area contributed by atoms with Gasteiger partial charge in [-0.05, 0) is 25.6 Å². The highest BCUT2D eigenvalue weighted by Gasteiger charge is 2.09. The van der Waals surface area contributed by atoms with Crippen LogP contribution in [0.5, 0.6) is 0 Å². The van der Waals surface area contributed by atoms with Crippen LogP contribution in [0.4, 0.5) is 0 Å². The summed E-state index contributed by atoms with van der Waals surface area (Å²) in [5.41, 5.74) is 1.30. The lowest BCUT2D eigenvalue weighted by Crippen LogP contribution is -2.29. The van der Waals surface area contributed by atoms with Gasteiger partial charge in [0.05, 0.1) is 0 Å². The van der Waals surface area contributed by atoms with Gasteiger partial charge in [-0.2, -0.15) is 0 Å². The molecule has 14 heavy (non-hydrogen) atoms. The van der Waals surface area contributed by atoms with E-state index in [1.807, 2.05) is 6.07 Å². The number of nitrogens with zero attached hydrogens (tertiary/aromatic N) is 1. The molecule has 1 nitrogen and oxygen atoms in total. The zero-order valence-electron chi connectivity index (χ0n) is 8.50. The highest BCUT2D eigenvalue weighted by Crippen LogP contribution is 2.18. The van der Waals surface area contributed by atoms with Gasteiger partial charge in [-0.3, -0.25) is 4.90 Å². The number of rotatable bonds is 4. The second-order valence-corrected chi connectivity index (χ2v) is 4.67. The fourth-order valence-electron chi connectivity index (χ4n) is 1.17. The van der Waals surface area contributed by atoms with Crippen LogP contribution in [-0.2, 0) is 6.54 Å². The largest absolute Gasteiger partial charge is 0.298 e. The molecule has 1 aromatic rings. The zero-order chi connectivity index (χ0) is 10.6. The quantitative estimate of drug-likeness (QED) is 0.761. The van der Waals surface area contributed by atoms with Crippen molar-refractivity contribution in [1.29, 1.82) is 0 Å². The molecule has 1 rings (SSSR count). The number of hydrogen-bond acceptors (Lipinski definition) is 1. The van der Waals surface area contributed by atoms with Crippen LogP contribution in [0.25, 0.3) is 0 Å². The third kappa shape index (κ3) is 3.26. The molecule has 0 saturated heterocycles. The maximum absolute atomic E-state index is 5.80. The molecule has 0 aliphatic heterocycles. The van der Waals surface area contributed by atoms with E-state index in [0.717, 1.165) is 11.0 Å². The minimum atomic E-state index is 0.406. The molecule has 0 radical (unpaired) electrons. The fraction of sp³-hybridized carbons (Fsp3) is 0.455. The minimum absolute atomic E-state index is 0.406. The topological polar surface area (TPSA) is 3.24 Å². The number of halogens is 2. The Hall–Kier alpha value is -0.0500. The molecule has 78 valence electrons. The van der Waals surface area contributed by atoms with Gasteiger partial charge in [-0.1, -0.05) is 34.1 Å². The standard InChI is InChI=1S/C11H15BrClN/c1-9(7-13)14(2)8-10-5-3-4-6-11(10)12/h3-6,9H,7-8H2,1-2H3. The summed E-state index contributed by atoms with van der Waals surface area (Å²) >= 11 is 9.34. The van der Waals surface area contributed by atoms with Crippen LogP contribution in [0, 0.1) is 0 Å². The Balaban J connectivity index is 2.64. The monoisotopic (exact) mass is 275 g/mol. The van der Waals surface area contributed by atoms with Crippen molar-refractivity contribution in [2.24, 2.45) is 0 Å². The summed E-state index contributed by atoms with van der Waals surface area (Å²) < 4.78 is 1.16. The van der Waals surface area contributed by atoms with E-state index in [1.165, 1.54) is 5.56 Å².